The third-order valence-electron chi connectivity index (χ3n) is 6.39. The first-order chi connectivity index (χ1) is 20.4. The van der Waals surface area contributed by atoms with Crippen molar-refractivity contribution in [2.75, 3.05) is 13.2 Å². The van der Waals surface area contributed by atoms with Gasteiger partial charge in [-0.2, -0.15) is 0 Å². The number of nitrogens with one attached hydrogen (secondary N) is 2. The van der Waals surface area contributed by atoms with E-state index in [2.05, 4.69) is 55.1 Å². The standard InChI is InChI=1S/C30H44N2O6P4/c1-23-17-13-9-5-3-4-6-10-14-18-25(35-29-27(32-39)28(37-41)24(36-40)22-34-29)30(2,38-42)20-16-12-8-7-11-15-19-26(33)31-21-23/h3-20,23-25,27-29,32H,21-22,39-42H2,1-2H3,(H,31,33). The first-order valence-corrected chi connectivity index (χ1v) is 15.5. The highest BCUT2D eigenvalue weighted by Crippen LogP contribution is 2.31. The van der Waals surface area contributed by atoms with E-state index in [-0.39, 0.29) is 36.7 Å². The van der Waals surface area contributed by atoms with Crippen molar-refractivity contribution in [3.8, 4) is 0 Å². The van der Waals surface area contributed by atoms with E-state index in [4.69, 9.17) is 23.0 Å². The lowest BCUT2D eigenvalue weighted by atomic mass is 9.96. The van der Waals surface area contributed by atoms with Gasteiger partial charge in [0.15, 0.2) is 6.29 Å². The molecule has 0 aromatic carbocycles. The molecule has 1 saturated heterocycles. The molecule has 1 fully saturated rings. The molecule has 0 aromatic rings. The largest absolute Gasteiger partial charge is 0.358 e. The van der Waals surface area contributed by atoms with E-state index in [1.54, 1.807) is 12.2 Å². The second-order valence-corrected chi connectivity index (χ2v) is 10.8. The first-order valence-electron chi connectivity index (χ1n) is 13.5. The third kappa shape index (κ3) is 13.1. The summed E-state index contributed by atoms with van der Waals surface area (Å²) < 4.78 is 29.6. The second-order valence-electron chi connectivity index (χ2n) is 9.66. The highest BCUT2D eigenvalue weighted by atomic mass is 31.0. The van der Waals surface area contributed by atoms with Crippen LogP contribution in [-0.2, 0) is 27.8 Å². The van der Waals surface area contributed by atoms with Crippen LogP contribution < -0.4 is 10.4 Å². The molecular weight excluding hydrogens is 608 g/mol. The van der Waals surface area contributed by atoms with E-state index < -0.39 is 18.0 Å². The molecule has 230 valence electrons. The molecule has 0 saturated carbocycles. The SMILES string of the molecule is CC1C=CC=CC=CC=CC=CC(OC2OCC(OP)C(OP)C2NP)C(C)(OP)C=CC=CC=CC=CC(=O)NC1. The molecule has 2 aliphatic heterocycles. The van der Waals surface area contributed by atoms with Crippen molar-refractivity contribution in [1.82, 2.24) is 10.4 Å². The highest BCUT2D eigenvalue weighted by Gasteiger charge is 2.44. The molecule has 11 unspecified atom stereocenters. The number of amides is 1. The minimum absolute atomic E-state index is 0.135. The van der Waals surface area contributed by atoms with Crippen LogP contribution in [0.5, 0.6) is 0 Å². The zero-order valence-electron chi connectivity index (χ0n) is 24.0. The lowest BCUT2D eigenvalue weighted by Crippen LogP contribution is -2.60. The average molecular weight is 653 g/mol. The van der Waals surface area contributed by atoms with Crippen LogP contribution in [-0.4, -0.2) is 55.3 Å². The fourth-order valence-corrected chi connectivity index (χ4v) is 5.05. The lowest BCUT2D eigenvalue weighted by Gasteiger charge is -2.43. The van der Waals surface area contributed by atoms with Crippen molar-refractivity contribution in [3.63, 3.8) is 0 Å². The predicted octanol–water partition coefficient (Wildman–Crippen LogP) is 5.16. The Bertz CT molecular complexity index is 1090. The topological polar surface area (TPSA) is 87.3 Å². The quantitative estimate of drug-likeness (QED) is 0.384. The number of carbonyl (C=O) groups is 1. The van der Waals surface area contributed by atoms with Gasteiger partial charge in [0, 0.05) is 41.0 Å². The van der Waals surface area contributed by atoms with Gasteiger partial charge >= 0.3 is 0 Å². The van der Waals surface area contributed by atoms with E-state index in [9.17, 15) is 4.79 Å². The molecule has 2 N–H and O–H groups in total. The van der Waals surface area contributed by atoms with Gasteiger partial charge in [-0.15, -0.1) is 0 Å². The minimum Gasteiger partial charge on any atom is -0.358 e. The van der Waals surface area contributed by atoms with E-state index in [0.717, 1.165) is 0 Å². The van der Waals surface area contributed by atoms with Crippen molar-refractivity contribution in [2.45, 2.75) is 50.1 Å². The summed E-state index contributed by atoms with van der Waals surface area (Å²) >= 11 is 0. The molecule has 2 aliphatic rings. The number of allylic oxidation sites excluding steroid dienone is 14. The van der Waals surface area contributed by atoms with Gasteiger partial charge in [0.25, 0.3) is 0 Å². The van der Waals surface area contributed by atoms with Crippen LogP contribution in [0.4, 0.5) is 0 Å². The molecule has 0 aliphatic carbocycles. The molecule has 12 heteroatoms. The van der Waals surface area contributed by atoms with Gasteiger partial charge in [0.2, 0.25) is 5.91 Å². The Hall–Kier alpha value is -1.39. The molecule has 0 aromatic heterocycles. The zero-order valence-corrected chi connectivity index (χ0v) is 28.6. The lowest BCUT2D eigenvalue weighted by molar-refractivity contribution is -0.242. The fraction of sp³-hybridized carbons (Fsp3) is 0.367. The number of hydrogen-bond acceptors (Lipinski definition) is 7. The molecule has 0 radical (unpaired) electrons. The normalized spacial score (nSPS) is 31.7. The Labute approximate surface area is 260 Å². The Morgan fingerprint density at radius 1 is 0.881 bits per heavy atom. The summed E-state index contributed by atoms with van der Waals surface area (Å²) in [5, 5.41) is 6.06. The summed E-state index contributed by atoms with van der Waals surface area (Å²) in [6, 6.07) is -0.344. The van der Waals surface area contributed by atoms with Crippen molar-refractivity contribution >= 4 is 43.7 Å². The zero-order chi connectivity index (χ0) is 30.6. The van der Waals surface area contributed by atoms with E-state index >= 15 is 0 Å². The number of hydrogen-bond donors (Lipinski definition) is 2. The van der Waals surface area contributed by atoms with Crippen LogP contribution in [0.1, 0.15) is 13.8 Å². The molecule has 0 bridgehead atoms. The molecule has 2 rings (SSSR count). The molecule has 2 heterocycles. The van der Waals surface area contributed by atoms with E-state index in [0.29, 0.717) is 6.54 Å². The van der Waals surface area contributed by atoms with Gasteiger partial charge in [-0.1, -0.05) is 114 Å². The van der Waals surface area contributed by atoms with Crippen LogP contribution in [0.25, 0.3) is 0 Å². The smallest absolute Gasteiger partial charge is 0.243 e. The molecule has 1 amide bonds. The van der Waals surface area contributed by atoms with Crippen molar-refractivity contribution in [2.24, 2.45) is 5.92 Å². The molecular formula is C30H44N2O6P4. The second kappa shape index (κ2) is 21.3. The minimum atomic E-state index is -0.878. The summed E-state index contributed by atoms with van der Waals surface area (Å²) in [7, 11) is 9.40. The summed E-state index contributed by atoms with van der Waals surface area (Å²) in [5.74, 6) is 0.0770. The predicted molar refractivity (Wildman–Crippen MR) is 184 cm³/mol. The molecule has 0 spiro atoms. The highest BCUT2D eigenvalue weighted by molar-refractivity contribution is 7.13. The summed E-state index contributed by atoms with van der Waals surface area (Å²) in [4.78, 5) is 12.0. The Balaban J connectivity index is 2.33. The van der Waals surface area contributed by atoms with E-state index in [1.807, 2.05) is 98.1 Å². The van der Waals surface area contributed by atoms with Crippen LogP contribution in [0.15, 0.2) is 109 Å². The van der Waals surface area contributed by atoms with Crippen LogP contribution >= 0.6 is 37.8 Å². The first kappa shape index (κ1) is 36.8. The van der Waals surface area contributed by atoms with Gasteiger partial charge in [0.1, 0.15) is 23.9 Å². The van der Waals surface area contributed by atoms with Crippen LogP contribution in [0.2, 0.25) is 0 Å². The average Bonchev–Trinajstić information content (AvgIpc) is 3.00. The van der Waals surface area contributed by atoms with Gasteiger partial charge in [-0.3, -0.25) is 9.88 Å². The van der Waals surface area contributed by atoms with Crippen molar-refractivity contribution < 1.29 is 27.8 Å². The monoisotopic (exact) mass is 652 g/mol. The maximum absolute atomic E-state index is 12.0. The third-order valence-corrected chi connectivity index (χ3v) is 7.95. The summed E-state index contributed by atoms with van der Waals surface area (Å²) in [6.45, 7) is 4.83. The van der Waals surface area contributed by atoms with Crippen molar-refractivity contribution in [1.29, 1.82) is 0 Å². The van der Waals surface area contributed by atoms with Gasteiger partial charge in [-0.05, 0) is 18.9 Å². The maximum Gasteiger partial charge on any atom is 0.243 e. The Kier molecular flexibility index (Phi) is 18.7. The summed E-state index contributed by atoms with van der Waals surface area (Å²) in [5.41, 5.74) is -0.878. The molecule has 11 atom stereocenters. The maximum atomic E-state index is 12.0. The van der Waals surface area contributed by atoms with E-state index in [1.165, 1.54) is 6.08 Å². The fourth-order valence-electron chi connectivity index (χ4n) is 3.92. The van der Waals surface area contributed by atoms with Crippen LogP contribution in [0.3, 0.4) is 0 Å². The van der Waals surface area contributed by atoms with Gasteiger partial charge in [0.05, 0.1) is 12.6 Å². The molecule has 8 nitrogen and oxygen atoms in total. The Morgan fingerprint density at radius 2 is 1.48 bits per heavy atom. The summed E-state index contributed by atoms with van der Waals surface area (Å²) in [6.07, 6.45) is 32.0. The van der Waals surface area contributed by atoms with Gasteiger partial charge < -0.3 is 28.4 Å². The van der Waals surface area contributed by atoms with Crippen LogP contribution in [0, 0.1) is 5.92 Å². The van der Waals surface area contributed by atoms with Crippen molar-refractivity contribution in [3.05, 3.63) is 109 Å². The number of rotatable bonds is 6. The Morgan fingerprint density at radius 3 is 2.07 bits per heavy atom. The van der Waals surface area contributed by atoms with Gasteiger partial charge in [-0.25, -0.2) is 0 Å². The molecule has 42 heavy (non-hydrogen) atoms. The number of carbonyl (C=O) groups excluding carboxylic acids is 1. The number of ether oxygens (including phenoxy) is 2.